The van der Waals surface area contributed by atoms with Crippen LogP contribution in [0, 0.1) is 12.7 Å². The third-order valence-corrected chi connectivity index (χ3v) is 4.76. The quantitative estimate of drug-likeness (QED) is 0.791. The molecular formula is C20H23FN4OS. The van der Waals surface area contributed by atoms with E-state index in [1.54, 1.807) is 12.1 Å². The minimum atomic E-state index is -0.365. The van der Waals surface area contributed by atoms with Gasteiger partial charge in [0.15, 0.2) is 5.11 Å². The Bertz CT molecular complexity index is 821. The predicted molar refractivity (Wildman–Crippen MR) is 110 cm³/mol. The summed E-state index contributed by atoms with van der Waals surface area (Å²) in [4.78, 5) is 16.3. The van der Waals surface area contributed by atoms with Gasteiger partial charge in [0.05, 0.1) is 6.54 Å². The number of aryl methyl sites for hydroxylation is 1. The number of benzene rings is 2. The maximum atomic E-state index is 13.2. The van der Waals surface area contributed by atoms with Gasteiger partial charge < -0.3 is 15.5 Å². The Morgan fingerprint density at radius 1 is 1.04 bits per heavy atom. The molecule has 0 unspecified atom stereocenters. The summed E-state index contributed by atoms with van der Waals surface area (Å²) in [7, 11) is 0. The van der Waals surface area contributed by atoms with Crippen molar-refractivity contribution in [2.24, 2.45) is 0 Å². The molecule has 0 atom stereocenters. The number of carbonyl (C=O) groups is 1. The van der Waals surface area contributed by atoms with Crippen molar-refractivity contribution in [3.63, 3.8) is 0 Å². The number of hydrogen-bond donors (Lipinski definition) is 2. The second-order valence-electron chi connectivity index (χ2n) is 6.62. The molecule has 0 spiro atoms. The Balaban J connectivity index is 1.44. The standard InChI is InChI=1S/C20H23FN4OS/c1-15-4-2-6-17(12-15)23-20(27)25-10-8-24(9-11-25)14-19(26)22-18-7-3-5-16(21)13-18/h2-7,12-13H,8-11,14H2,1H3,(H,22,26)(H,23,27). The number of rotatable bonds is 4. The van der Waals surface area contributed by atoms with Crippen molar-refractivity contribution in [2.45, 2.75) is 6.92 Å². The van der Waals surface area contributed by atoms with Gasteiger partial charge in [-0.2, -0.15) is 0 Å². The van der Waals surface area contributed by atoms with Gasteiger partial charge in [-0.25, -0.2) is 4.39 Å². The fourth-order valence-corrected chi connectivity index (χ4v) is 3.30. The molecule has 0 saturated carbocycles. The van der Waals surface area contributed by atoms with Crippen LogP contribution in [0.25, 0.3) is 0 Å². The van der Waals surface area contributed by atoms with Gasteiger partial charge >= 0.3 is 0 Å². The molecule has 0 aromatic heterocycles. The van der Waals surface area contributed by atoms with E-state index in [2.05, 4.69) is 26.5 Å². The lowest BCUT2D eigenvalue weighted by atomic mass is 10.2. The summed E-state index contributed by atoms with van der Waals surface area (Å²) >= 11 is 5.51. The summed E-state index contributed by atoms with van der Waals surface area (Å²) in [5.41, 5.74) is 2.64. The van der Waals surface area contributed by atoms with E-state index in [9.17, 15) is 9.18 Å². The molecule has 0 bridgehead atoms. The number of carbonyl (C=O) groups excluding carboxylic acids is 1. The van der Waals surface area contributed by atoms with Crippen molar-refractivity contribution in [1.82, 2.24) is 9.80 Å². The number of halogens is 1. The highest BCUT2D eigenvalue weighted by Gasteiger charge is 2.20. The lowest BCUT2D eigenvalue weighted by molar-refractivity contribution is -0.117. The number of thiocarbonyl (C=S) groups is 1. The van der Waals surface area contributed by atoms with Crippen molar-refractivity contribution in [3.05, 3.63) is 59.9 Å². The van der Waals surface area contributed by atoms with Gasteiger partial charge in [-0.15, -0.1) is 0 Å². The van der Waals surface area contributed by atoms with Gasteiger partial charge in [-0.1, -0.05) is 18.2 Å². The average Bonchev–Trinajstić information content (AvgIpc) is 2.62. The van der Waals surface area contributed by atoms with E-state index in [4.69, 9.17) is 12.2 Å². The van der Waals surface area contributed by atoms with E-state index < -0.39 is 0 Å². The lowest BCUT2D eigenvalue weighted by Crippen LogP contribution is -2.51. The SMILES string of the molecule is Cc1cccc(NC(=S)N2CCN(CC(=O)Nc3cccc(F)c3)CC2)c1. The van der Waals surface area contributed by atoms with Gasteiger partial charge in [0, 0.05) is 37.6 Å². The van der Waals surface area contributed by atoms with Gasteiger partial charge in [-0.3, -0.25) is 9.69 Å². The highest BCUT2D eigenvalue weighted by Crippen LogP contribution is 2.12. The molecular weight excluding hydrogens is 363 g/mol. The first-order chi connectivity index (χ1) is 13.0. The molecule has 1 saturated heterocycles. The Kier molecular flexibility index (Phi) is 6.36. The molecule has 1 fully saturated rings. The summed E-state index contributed by atoms with van der Waals surface area (Å²) in [5, 5.41) is 6.70. The lowest BCUT2D eigenvalue weighted by Gasteiger charge is -2.35. The van der Waals surface area contributed by atoms with Crippen LogP contribution in [0.2, 0.25) is 0 Å². The summed E-state index contributed by atoms with van der Waals surface area (Å²) in [6.45, 7) is 5.32. The number of piperazine rings is 1. The summed E-state index contributed by atoms with van der Waals surface area (Å²) in [6.07, 6.45) is 0. The second kappa shape index (κ2) is 8.92. The molecule has 0 aliphatic carbocycles. The summed E-state index contributed by atoms with van der Waals surface area (Å²) < 4.78 is 13.2. The predicted octanol–water partition coefficient (Wildman–Crippen LogP) is 3.09. The van der Waals surface area contributed by atoms with Crippen LogP contribution in [0.1, 0.15) is 5.56 Å². The van der Waals surface area contributed by atoms with Crippen LogP contribution in [0.3, 0.4) is 0 Å². The highest BCUT2D eigenvalue weighted by molar-refractivity contribution is 7.80. The van der Waals surface area contributed by atoms with E-state index in [0.717, 1.165) is 31.9 Å². The van der Waals surface area contributed by atoms with Gasteiger partial charge in [0.25, 0.3) is 0 Å². The maximum Gasteiger partial charge on any atom is 0.238 e. The van der Waals surface area contributed by atoms with Gasteiger partial charge in [0.2, 0.25) is 5.91 Å². The number of amides is 1. The molecule has 27 heavy (non-hydrogen) atoms. The van der Waals surface area contributed by atoms with Crippen LogP contribution < -0.4 is 10.6 Å². The third-order valence-electron chi connectivity index (χ3n) is 4.40. The molecule has 5 nitrogen and oxygen atoms in total. The number of anilines is 2. The zero-order valence-electron chi connectivity index (χ0n) is 15.2. The molecule has 1 aliphatic rings. The normalized spacial score (nSPS) is 14.7. The monoisotopic (exact) mass is 386 g/mol. The van der Waals surface area contributed by atoms with E-state index in [1.165, 1.54) is 17.7 Å². The summed E-state index contributed by atoms with van der Waals surface area (Å²) in [6, 6.07) is 14.0. The number of hydrogen-bond acceptors (Lipinski definition) is 3. The van der Waals surface area contributed by atoms with Crippen molar-refractivity contribution >= 4 is 34.6 Å². The minimum Gasteiger partial charge on any atom is -0.346 e. The molecule has 1 amide bonds. The van der Waals surface area contributed by atoms with E-state index in [1.807, 2.05) is 25.1 Å². The largest absolute Gasteiger partial charge is 0.346 e. The highest BCUT2D eigenvalue weighted by atomic mass is 32.1. The van der Waals surface area contributed by atoms with E-state index in [0.29, 0.717) is 10.8 Å². The fraction of sp³-hybridized carbons (Fsp3) is 0.300. The topological polar surface area (TPSA) is 47.6 Å². The Hall–Kier alpha value is -2.51. The zero-order valence-corrected chi connectivity index (χ0v) is 16.1. The maximum absolute atomic E-state index is 13.2. The number of nitrogens with one attached hydrogen (secondary N) is 2. The Morgan fingerprint density at radius 2 is 1.70 bits per heavy atom. The molecule has 2 aromatic rings. The first-order valence-corrected chi connectivity index (χ1v) is 9.31. The average molecular weight is 386 g/mol. The molecule has 2 N–H and O–H groups in total. The molecule has 1 heterocycles. The molecule has 3 rings (SSSR count). The molecule has 2 aromatic carbocycles. The van der Waals surface area contributed by atoms with Crippen LogP contribution in [-0.2, 0) is 4.79 Å². The van der Waals surface area contributed by atoms with Crippen LogP contribution in [-0.4, -0.2) is 53.5 Å². The minimum absolute atomic E-state index is 0.144. The van der Waals surface area contributed by atoms with E-state index in [-0.39, 0.29) is 18.3 Å². The zero-order chi connectivity index (χ0) is 19.2. The van der Waals surface area contributed by atoms with Crippen LogP contribution in [0.5, 0.6) is 0 Å². The van der Waals surface area contributed by atoms with E-state index >= 15 is 0 Å². The van der Waals surface area contributed by atoms with Crippen LogP contribution >= 0.6 is 12.2 Å². The molecule has 142 valence electrons. The smallest absolute Gasteiger partial charge is 0.238 e. The number of nitrogens with zero attached hydrogens (tertiary/aromatic N) is 2. The molecule has 1 aliphatic heterocycles. The molecule has 7 heteroatoms. The first-order valence-electron chi connectivity index (χ1n) is 8.90. The first kappa shape index (κ1) is 19.3. The molecule has 0 radical (unpaired) electrons. The third kappa shape index (κ3) is 5.74. The Morgan fingerprint density at radius 3 is 2.37 bits per heavy atom. The van der Waals surface area contributed by atoms with Crippen molar-refractivity contribution in [1.29, 1.82) is 0 Å². The van der Waals surface area contributed by atoms with Gasteiger partial charge in [0.1, 0.15) is 5.82 Å². The van der Waals surface area contributed by atoms with Gasteiger partial charge in [-0.05, 0) is 55.0 Å². The van der Waals surface area contributed by atoms with Crippen molar-refractivity contribution < 1.29 is 9.18 Å². The summed E-state index contributed by atoms with van der Waals surface area (Å²) in [5.74, 6) is -0.509. The fourth-order valence-electron chi connectivity index (χ4n) is 3.00. The van der Waals surface area contributed by atoms with Crippen molar-refractivity contribution in [2.75, 3.05) is 43.4 Å². The van der Waals surface area contributed by atoms with Crippen molar-refractivity contribution in [3.8, 4) is 0 Å². The second-order valence-corrected chi connectivity index (χ2v) is 7.01. The van der Waals surface area contributed by atoms with Crippen LogP contribution in [0.4, 0.5) is 15.8 Å². The Labute approximate surface area is 164 Å². The van der Waals surface area contributed by atoms with Crippen LogP contribution in [0.15, 0.2) is 48.5 Å².